The van der Waals surface area contributed by atoms with Gasteiger partial charge in [-0.3, -0.25) is 4.79 Å². The van der Waals surface area contributed by atoms with Gasteiger partial charge in [-0.2, -0.15) is 0 Å². The van der Waals surface area contributed by atoms with E-state index in [1.807, 2.05) is 26.0 Å². The summed E-state index contributed by atoms with van der Waals surface area (Å²) in [4.78, 5) is 19.6. The molecule has 2 aromatic rings. The summed E-state index contributed by atoms with van der Waals surface area (Å²) in [6, 6.07) is 5.52. The largest absolute Gasteiger partial charge is 0.465 e. The number of carbonyl (C=O) groups excluding carboxylic acids is 1. The lowest BCUT2D eigenvalue weighted by atomic mass is 9.95. The Hall–Kier alpha value is -1.55. The van der Waals surface area contributed by atoms with Crippen molar-refractivity contribution >= 4 is 28.6 Å². The van der Waals surface area contributed by atoms with Crippen LogP contribution in [0.3, 0.4) is 0 Å². The summed E-state index contributed by atoms with van der Waals surface area (Å²) < 4.78 is 5.11. The Morgan fingerprint density at radius 3 is 2.79 bits per heavy atom. The van der Waals surface area contributed by atoms with Gasteiger partial charge in [0.25, 0.3) is 0 Å². The van der Waals surface area contributed by atoms with E-state index in [1.165, 1.54) is 0 Å². The zero-order valence-electron chi connectivity index (χ0n) is 11.2. The molecule has 1 N–H and O–H groups in total. The number of nitrogens with one attached hydrogen (secondary N) is 1. The number of benzene rings is 1. The Kier molecular flexibility index (Phi) is 4.10. The molecule has 0 radical (unpaired) electrons. The van der Waals surface area contributed by atoms with Crippen molar-refractivity contribution in [3.63, 3.8) is 0 Å². The molecule has 102 valence electrons. The highest BCUT2D eigenvalue weighted by atomic mass is 35.5. The van der Waals surface area contributed by atoms with Crippen LogP contribution in [0.5, 0.6) is 0 Å². The predicted octanol–water partition coefficient (Wildman–Crippen LogP) is 3.52. The number of hydrogen-bond donors (Lipinski definition) is 1. The SMILES string of the molecule is CCOC(=O)C(c1nc2c(Cl)cccc2[nH]1)C(C)C. The Balaban J connectivity index is 2.45. The summed E-state index contributed by atoms with van der Waals surface area (Å²) in [6.07, 6.45) is 0. The van der Waals surface area contributed by atoms with Crippen LogP contribution in [-0.4, -0.2) is 22.5 Å². The molecule has 5 heteroatoms. The summed E-state index contributed by atoms with van der Waals surface area (Å²) >= 11 is 6.10. The molecule has 1 aromatic heterocycles. The first-order valence-corrected chi connectivity index (χ1v) is 6.73. The van der Waals surface area contributed by atoms with E-state index >= 15 is 0 Å². The second-order valence-corrected chi connectivity index (χ2v) is 5.14. The molecule has 1 unspecified atom stereocenters. The second-order valence-electron chi connectivity index (χ2n) is 4.73. The van der Waals surface area contributed by atoms with Crippen LogP contribution in [0.25, 0.3) is 11.0 Å². The van der Waals surface area contributed by atoms with Crippen molar-refractivity contribution in [2.24, 2.45) is 5.92 Å². The summed E-state index contributed by atoms with van der Waals surface area (Å²) in [5.74, 6) is 0.0473. The quantitative estimate of drug-likeness (QED) is 0.872. The molecule has 1 aromatic carbocycles. The number of esters is 1. The number of imidazole rings is 1. The summed E-state index contributed by atoms with van der Waals surface area (Å²) in [6.45, 7) is 6.10. The van der Waals surface area contributed by atoms with Gasteiger partial charge in [-0.1, -0.05) is 31.5 Å². The Morgan fingerprint density at radius 2 is 2.21 bits per heavy atom. The fourth-order valence-electron chi connectivity index (χ4n) is 2.10. The van der Waals surface area contributed by atoms with Gasteiger partial charge in [0.2, 0.25) is 0 Å². The van der Waals surface area contributed by atoms with E-state index in [-0.39, 0.29) is 11.9 Å². The number of halogens is 1. The molecular formula is C14H17ClN2O2. The molecular weight excluding hydrogens is 264 g/mol. The average molecular weight is 281 g/mol. The molecule has 0 saturated heterocycles. The third kappa shape index (κ3) is 2.73. The molecule has 0 aliphatic carbocycles. The molecule has 2 rings (SSSR count). The number of hydrogen-bond acceptors (Lipinski definition) is 3. The fourth-order valence-corrected chi connectivity index (χ4v) is 2.31. The van der Waals surface area contributed by atoms with Gasteiger partial charge in [0, 0.05) is 0 Å². The number of rotatable bonds is 4. The molecule has 0 aliphatic rings. The molecule has 0 bridgehead atoms. The van der Waals surface area contributed by atoms with E-state index < -0.39 is 5.92 Å². The molecule has 1 heterocycles. The minimum atomic E-state index is -0.400. The van der Waals surface area contributed by atoms with Crippen LogP contribution in [0.15, 0.2) is 18.2 Å². The van der Waals surface area contributed by atoms with Crippen molar-refractivity contribution in [1.82, 2.24) is 9.97 Å². The number of carbonyl (C=O) groups is 1. The minimum Gasteiger partial charge on any atom is -0.465 e. The van der Waals surface area contributed by atoms with Gasteiger partial charge >= 0.3 is 5.97 Å². The maximum atomic E-state index is 12.0. The third-order valence-electron chi connectivity index (χ3n) is 2.98. The van der Waals surface area contributed by atoms with Crippen molar-refractivity contribution in [2.45, 2.75) is 26.7 Å². The molecule has 1 atom stereocenters. The van der Waals surface area contributed by atoms with E-state index in [4.69, 9.17) is 16.3 Å². The van der Waals surface area contributed by atoms with E-state index in [1.54, 1.807) is 13.0 Å². The first-order valence-electron chi connectivity index (χ1n) is 6.35. The van der Waals surface area contributed by atoms with Crippen molar-refractivity contribution in [2.75, 3.05) is 6.61 Å². The van der Waals surface area contributed by atoms with Gasteiger partial charge in [0.05, 0.1) is 17.1 Å². The standard InChI is InChI=1S/C14H17ClN2O2/c1-4-19-14(18)11(8(2)3)13-16-10-7-5-6-9(15)12(10)17-13/h5-8,11H,4H2,1-3H3,(H,16,17). The van der Waals surface area contributed by atoms with E-state index in [9.17, 15) is 4.79 Å². The lowest BCUT2D eigenvalue weighted by Gasteiger charge is -2.16. The summed E-state index contributed by atoms with van der Waals surface area (Å²) in [5.41, 5.74) is 1.52. The summed E-state index contributed by atoms with van der Waals surface area (Å²) in [7, 11) is 0. The maximum Gasteiger partial charge on any atom is 0.316 e. The van der Waals surface area contributed by atoms with E-state index in [0.717, 1.165) is 5.52 Å². The van der Waals surface area contributed by atoms with E-state index in [0.29, 0.717) is 23.0 Å². The lowest BCUT2D eigenvalue weighted by Crippen LogP contribution is -2.22. The number of nitrogens with zero attached hydrogens (tertiary/aromatic N) is 1. The van der Waals surface area contributed by atoms with Gasteiger partial charge in [0.1, 0.15) is 17.3 Å². The number of ether oxygens (including phenoxy) is 1. The van der Waals surface area contributed by atoms with Crippen molar-refractivity contribution in [3.8, 4) is 0 Å². The first kappa shape index (κ1) is 13.9. The Bertz CT molecular complexity index is 592. The minimum absolute atomic E-state index is 0.0957. The van der Waals surface area contributed by atoms with Crippen molar-refractivity contribution in [3.05, 3.63) is 29.0 Å². The smallest absolute Gasteiger partial charge is 0.316 e. The molecule has 0 amide bonds. The number of aromatic nitrogens is 2. The zero-order chi connectivity index (χ0) is 14.0. The predicted molar refractivity (Wildman–Crippen MR) is 75.3 cm³/mol. The van der Waals surface area contributed by atoms with Gasteiger partial charge in [-0.15, -0.1) is 0 Å². The third-order valence-corrected chi connectivity index (χ3v) is 3.29. The van der Waals surface area contributed by atoms with Crippen LogP contribution in [0.2, 0.25) is 5.02 Å². The highest BCUT2D eigenvalue weighted by molar-refractivity contribution is 6.34. The van der Waals surface area contributed by atoms with Gasteiger partial charge in [-0.25, -0.2) is 4.98 Å². The second kappa shape index (κ2) is 5.61. The van der Waals surface area contributed by atoms with Crippen molar-refractivity contribution in [1.29, 1.82) is 0 Å². The molecule has 4 nitrogen and oxygen atoms in total. The van der Waals surface area contributed by atoms with E-state index in [2.05, 4.69) is 9.97 Å². The molecule has 0 spiro atoms. The van der Waals surface area contributed by atoms with Crippen LogP contribution in [0.1, 0.15) is 32.5 Å². The van der Waals surface area contributed by atoms with Crippen LogP contribution >= 0.6 is 11.6 Å². The molecule has 0 aliphatic heterocycles. The van der Waals surface area contributed by atoms with Crippen LogP contribution in [0, 0.1) is 5.92 Å². The van der Waals surface area contributed by atoms with Gasteiger partial charge in [0.15, 0.2) is 0 Å². The van der Waals surface area contributed by atoms with Gasteiger partial charge in [-0.05, 0) is 25.0 Å². The van der Waals surface area contributed by atoms with Gasteiger partial charge < -0.3 is 9.72 Å². The molecule has 0 fully saturated rings. The average Bonchev–Trinajstić information content (AvgIpc) is 2.74. The highest BCUT2D eigenvalue weighted by Gasteiger charge is 2.28. The number of para-hydroxylation sites is 1. The molecule has 0 saturated carbocycles. The van der Waals surface area contributed by atoms with Crippen molar-refractivity contribution < 1.29 is 9.53 Å². The monoisotopic (exact) mass is 280 g/mol. The number of fused-ring (bicyclic) bond motifs is 1. The molecule has 19 heavy (non-hydrogen) atoms. The Labute approximate surface area is 117 Å². The first-order chi connectivity index (χ1) is 9.04. The summed E-state index contributed by atoms with van der Waals surface area (Å²) in [5, 5.41) is 0.575. The normalized spacial score (nSPS) is 12.9. The number of H-pyrrole nitrogens is 1. The topological polar surface area (TPSA) is 55.0 Å². The van der Waals surface area contributed by atoms with Crippen LogP contribution in [0.4, 0.5) is 0 Å². The van der Waals surface area contributed by atoms with Crippen LogP contribution < -0.4 is 0 Å². The lowest BCUT2D eigenvalue weighted by molar-refractivity contribution is -0.146. The maximum absolute atomic E-state index is 12.0. The zero-order valence-corrected chi connectivity index (χ0v) is 12.0. The van der Waals surface area contributed by atoms with Crippen LogP contribution in [-0.2, 0) is 9.53 Å². The Morgan fingerprint density at radius 1 is 1.47 bits per heavy atom. The fraction of sp³-hybridized carbons (Fsp3) is 0.429. The number of aromatic amines is 1. The highest BCUT2D eigenvalue weighted by Crippen LogP contribution is 2.28.